The molecule has 2 rings (SSSR count). The van der Waals surface area contributed by atoms with Gasteiger partial charge in [-0.2, -0.15) is 0 Å². The van der Waals surface area contributed by atoms with Gasteiger partial charge in [0.2, 0.25) is 0 Å². The van der Waals surface area contributed by atoms with Crippen LogP contribution in [0, 0.1) is 0 Å². The molecule has 0 amide bonds. The molecule has 2 aromatic rings. The van der Waals surface area contributed by atoms with Crippen molar-refractivity contribution in [2.45, 2.75) is 13.0 Å². The largest absolute Gasteiger partial charge is 0.487 e. The Kier molecular flexibility index (Phi) is 4.33. The summed E-state index contributed by atoms with van der Waals surface area (Å²) < 4.78 is 8.43. The van der Waals surface area contributed by atoms with Crippen molar-refractivity contribution < 1.29 is 4.74 Å². The van der Waals surface area contributed by atoms with Crippen molar-refractivity contribution in [1.29, 1.82) is 0 Å². The highest BCUT2D eigenvalue weighted by Gasteiger charge is 2.06. The van der Waals surface area contributed by atoms with Crippen molar-refractivity contribution >= 4 is 15.9 Å². The van der Waals surface area contributed by atoms with E-state index in [0.717, 1.165) is 27.9 Å². The number of nitrogens with zero attached hydrogens (tertiary/aromatic N) is 3. The number of rotatable bonds is 5. The normalized spacial score (nSPS) is 10.6. The molecule has 0 radical (unpaired) electrons. The third-order valence-corrected chi connectivity index (χ3v) is 2.96. The second-order valence-corrected chi connectivity index (χ2v) is 4.88. The van der Waals surface area contributed by atoms with E-state index in [4.69, 9.17) is 10.5 Å². The standard InChI is InChI=1S/C12H15BrN4O/c1-17-7-11(15-16-17)8-18-12-3-2-10(13)6-9(12)4-5-14/h2-3,6-7H,4-5,8,14H2,1H3. The molecule has 0 spiro atoms. The first-order valence-corrected chi connectivity index (χ1v) is 6.45. The topological polar surface area (TPSA) is 66.0 Å². The predicted molar refractivity (Wildman–Crippen MR) is 72.2 cm³/mol. The first-order valence-electron chi connectivity index (χ1n) is 5.65. The van der Waals surface area contributed by atoms with Gasteiger partial charge in [0.15, 0.2) is 0 Å². The summed E-state index contributed by atoms with van der Waals surface area (Å²) in [5, 5.41) is 7.84. The van der Waals surface area contributed by atoms with E-state index >= 15 is 0 Å². The van der Waals surface area contributed by atoms with Gasteiger partial charge in [-0.25, -0.2) is 0 Å². The number of benzene rings is 1. The van der Waals surface area contributed by atoms with E-state index in [0.29, 0.717) is 13.2 Å². The highest BCUT2D eigenvalue weighted by atomic mass is 79.9. The maximum absolute atomic E-state index is 5.75. The van der Waals surface area contributed by atoms with E-state index in [2.05, 4.69) is 26.2 Å². The second kappa shape index (κ2) is 5.97. The van der Waals surface area contributed by atoms with Crippen LogP contribution in [0.1, 0.15) is 11.3 Å². The fraction of sp³-hybridized carbons (Fsp3) is 0.333. The van der Waals surface area contributed by atoms with Crippen molar-refractivity contribution in [2.75, 3.05) is 6.54 Å². The van der Waals surface area contributed by atoms with Gasteiger partial charge in [0.05, 0.1) is 6.20 Å². The van der Waals surface area contributed by atoms with E-state index in [1.807, 2.05) is 31.4 Å². The molecule has 0 saturated carbocycles. The molecule has 0 unspecified atom stereocenters. The lowest BCUT2D eigenvalue weighted by Crippen LogP contribution is -2.05. The third-order valence-electron chi connectivity index (χ3n) is 2.46. The third kappa shape index (κ3) is 3.30. The molecular formula is C12H15BrN4O. The smallest absolute Gasteiger partial charge is 0.134 e. The minimum atomic E-state index is 0.410. The maximum Gasteiger partial charge on any atom is 0.134 e. The summed E-state index contributed by atoms with van der Waals surface area (Å²) in [7, 11) is 1.83. The molecule has 2 N–H and O–H groups in total. The zero-order valence-corrected chi connectivity index (χ0v) is 11.7. The van der Waals surface area contributed by atoms with Crippen LogP contribution in [0.2, 0.25) is 0 Å². The molecule has 6 heteroatoms. The predicted octanol–water partition coefficient (Wildman–Crippen LogP) is 1.66. The Hall–Kier alpha value is -1.40. The number of aromatic nitrogens is 3. The minimum absolute atomic E-state index is 0.410. The van der Waals surface area contributed by atoms with Gasteiger partial charge in [0, 0.05) is 11.5 Å². The number of halogens is 1. The number of hydrogen-bond donors (Lipinski definition) is 1. The van der Waals surface area contributed by atoms with Gasteiger partial charge in [0.25, 0.3) is 0 Å². The zero-order valence-electron chi connectivity index (χ0n) is 10.1. The fourth-order valence-electron chi connectivity index (χ4n) is 1.65. The monoisotopic (exact) mass is 310 g/mol. The molecule has 0 atom stereocenters. The molecule has 0 saturated heterocycles. The van der Waals surface area contributed by atoms with Crippen molar-refractivity contribution in [3.05, 3.63) is 40.1 Å². The lowest BCUT2D eigenvalue weighted by Gasteiger charge is -2.10. The van der Waals surface area contributed by atoms with Gasteiger partial charge in [-0.05, 0) is 36.7 Å². The average molecular weight is 311 g/mol. The van der Waals surface area contributed by atoms with Crippen LogP contribution in [0.4, 0.5) is 0 Å². The Morgan fingerprint density at radius 1 is 1.44 bits per heavy atom. The van der Waals surface area contributed by atoms with Crippen molar-refractivity contribution in [2.24, 2.45) is 12.8 Å². The molecule has 1 aromatic carbocycles. The molecule has 0 aliphatic carbocycles. The highest BCUT2D eigenvalue weighted by molar-refractivity contribution is 9.10. The molecule has 0 fully saturated rings. The summed E-state index contributed by atoms with van der Waals surface area (Å²) in [5.74, 6) is 0.842. The molecule has 0 aliphatic rings. The SMILES string of the molecule is Cn1cc(COc2ccc(Br)cc2CCN)nn1. The van der Waals surface area contributed by atoms with Gasteiger partial charge in [-0.3, -0.25) is 4.68 Å². The Labute approximate surface area is 114 Å². The maximum atomic E-state index is 5.75. The molecule has 1 aromatic heterocycles. The number of ether oxygens (including phenoxy) is 1. The summed E-state index contributed by atoms with van der Waals surface area (Å²) in [6.45, 7) is 1.00. The van der Waals surface area contributed by atoms with Crippen molar-refractivity contribution in [3.8, 4) is 5.75 Å². The molecule has 0 aliphatic heterocycles. The van der Waals surface area contributed by atoms with Crippen LogP contribution in [0.3, 0.4) is 0 Å². The van der Waals surface area contributed by atoms with Crippen LogP contribution in [-0.2, 0) is 20.1 Å². The molecular weight excluding hydrogens is 296 g/mol. The number of aryl methyl sites for hydroxylation is 1. The van der Waals surface area contributed by atoms with E-state index in [1.54, 1.807) is 4.68 Å². The average Bonchev–Trinajstić information content (AvgIpc) is 2.75. The quantitative estimate of drug-likeness (QED) is 0.912. The number of hydrogen-bond acceptors (Lipinski definition) is 4. The Bertz CT molecular complexity index is 527. The van der Waals surface area contributed by atoms with Crippen molar-refractivity contribution in [3.63, 3.8) is 0 Å². The van der Waals surface area contributed by atoms with Crippen LogP contribution < -0.4 is 10.5 Å². The van der Waals surface area contributed by atoms with Crippen LogP contribution in [0.25, 0.3) is 0 Å². The molecule has 5 nitrogen and oxygen atoms in total. The van der Waals surface area contributed by atoms with Crippen LogP contribution in [0.15, 0.2) is 28.9 Å². The van der Waals surface area contributed by atoms with Gasteiger partial charge in [0.1, 0.15) is 18.1 Å². The van der Waals surface area contributed by atoms with Crippen LogP contribution in [-0.4, -0.2) is 21.5 Å². The Balaban J connectivity index is 2.08. The van der Waals surface area contributed by atoms with Gasteiger partial charge >= 0.3 is 0 Å². The summed E-state index contributed by atoms with van der Waals surface area (Å²) >= 11 is 3.44. The molecule has 1 heterocycles. The summed E-state index contributed by atoms with van der Waals surface area (Å²) in [4.78, 5) is 0. The zero-order chi connectivity index (χ0) is 13.0. The van der Waals surface area contributed by atoms with Crippen LogP contribution in [0.5, 0.6) is 5.75 Å². The van der Waals surface area contributed by atoms with E-state index in [1.165, 1.54) is 0 Å². The van der Waals surface area contributed by atoms with Crippen LogP contribution >= 0.6 is 15.9 Å². The van der Waals surface area contributed by atoms with E-state index in [9.17, 15) is 0 Å². The lowest BCUT2D eigenvalue weighted by molar-refractivity contribution is 0.298. The lowest BCUT2D eigenvalue weighted by atomic mass is 10.1. The van der Waals surface area contributed by atoms with Gasteiger partial charge in [-0.15, -0.1) is 5.10 Å². The highest BCUT2D eigenvalue weighted by Crippen LogP contribution is 2.24. The van der Waals surface area contributed by atoms with Gasteiger partial charge in [-0.1, -0.05) is 21.1 Å². The Morgan fingerprint density at radius 2 is 2.28 bits per heavy atom. The summed E-state index contributed by atoms with van der Waals surface area (Å²) in [6.07, 6.45) is 2.62. The van der Waals surface area contributed by atoms with E-state index in [-0.39, 0.29) is 0 Å². The fourth-order valence-corrected chi connectivity index (χ4v) is 2.06. The second-order valence-electron chi connectivity index (χ2n) is 3.96. The van der Waals surface area contributed by atoms with Crippen molar-refractivity contribution in [1.82, 2.24) is 15.0 Å². The minimum Gasteiger partial charge on any atom is -0.487 e. The first-order chi connectivity index (χ1) is 8.69. The van der Waals surface area contributed by atoms with Gasteiger partial charge < -0.3 is 10.5 Å². The number of nitrogens with two attached hydrogens (primary N) is 1. The summed E-state index contributed by atoms with van der Waals surface area (Å²) in [5.41, 5.74) is 7.49. The molecule has 18 heavy (non-hydrogen) atoms. The molecule has 0 bridgehead atoms. The summed E-state index contributed by atoms with van der Waals surface area (Å²) in [6, 6.07) is 5.91. The Morgan fingerprint density at radius 3 is 2.94 bits per heavy atom. The van der Waals surface area contributed by atoms with E-state index < -0.39 is 0 Å². The first kappa shape index (κ1) is 13.0. The molecule has 96 valence electrons.